The number of aliphatic hydroxyl groups excluding tert-OH is 1. The summed E-state index contributed by atoms with van der Waals surface area (Å²) in [6.07, 6.45) is 0.590. The third kappa shape index (κ3) is 4.82. The van der Waals surface area contributed by atoms with E-state index in [1.165, 1.54) is 41.3 Å². The minimum Gasteiger partial charge on any atom is -0.507 e. The van der Waals surface area contributed by atoms with Gasteiger partial charge in [-0.1, -0.05) is 0 Å². The number of ketones is 1. The number of hydrogen-bond donors (Lipinski definition) is 1. The van der Waals surface area contributed by atoms with Gasteiger partial charge in [-0.2, -0.15) is 0 Å². The summed E-state index contributed by atoms with van der Waals surface area (Å²) < 4.78 is 18.7. The number of amides is 1. The highest BCUT2D eigenvalue weighted by Gasteiger charge is 2.45. The zero-order chi connectivity index (χ0) is 24.2. The number of hydrogen-bond acceptors (Lipinski definition) is 7. The van der Waals surface area contributed by atoms with E-state index in [9.17, 15) is 29.2 Å². The second kappa shape index (κ2) is 10.1. The minimum absolute atomic E-state index is 0.128. The lowest BCUT2D eigenvalue weighted by atomic mass is 9.95. The topological polar surface area (TPSA) is 113 Å². The lowest BCUT2D eigenvalue weighted by Gasteiger charge is -2.29. The first-order valence-corrected chi connectivity index (χ1v) is 11.0. The summed E-state index contributed by atoms with van der Waals surface area (Å²) in [6.45, 7) is 3.82. The van der Waals surface area contributed by atoms with E-state index in [0.717, 1.165) is 25.2 Å². The third-order valence-corrected chi connectivity index (χ3v) is 6.05. The molecule has 1 unspecified atom stereocenters. The molecule has 34 heavy (non-hydrogen) atoms. The molecule has 1 atom stereocenters. The summed E-state index contributed by atoms with van der Waals surface area (Å²) in [4.78, 5) is 40.1. The molecular weight excluding hydrogens is 445 g/mol. The van der Waals surface area contributed by atoms with Crippen LogP contribution in [0.1, 0.15) is 23.6 Å². The highest BCUT2D eigenvalue weighted by atomic mass is 19.1. The smallest absolute Gasteiger partial charge is 0.295 e. The van der Waals surface area contributed by atoms with Crippen LogP contribution in [0.2, 0.25) is 0 Å². The van der Waals surface area contributed by atoms with Gasteiger partial charge in [0.2, 0.25) is 0 Å². The number of aliphatic hydroxyl groups is 1. The average molecular weight is 469 g/mol. The molecule has 2 aliphatic rings. The van der Waals surface area contributed by atoms with Gasteiger partial charge in [0, 0.05) is 43.9 Å². The van der Waals surface area contributed by atoms with Crippen molar-refractivity contribution in [2.45, 2.75) is 12.5 Å². The number of carbonyl (C=O) groups is 2. The number of halogens is 1. The molecule has 2 aromatic carbocycles. The van der Waals surface area contributed by atoms with Crippen molar-refractivity contribution in [3.05, 3.63) is 81.2 Å². The number of ether oxygens (including phenoxy) is 1. The molecular formula is C24H24FN3O6. The van der Waals surface area contributed by atoms with Gasteiger partial charge in [-0.3, -0.25) is 24.6 Å². The van der Waals surface area contributed by atoms with Gasteiger partial charge in [0.15, 0.2) is 0 Å². The number of non-ortho nitro benzene ring substituents is 1. The third-order valence-electron chi connectivity index (χ3n) is 6.05. The Bertz CT molecular complexity index is 1110. The van der Waals surface area contributed by atoms with Crippen LogP contribution in [0.4, 0.5) is 10.1 Å². The predicted molar refractivity (Wildman–Crippen MR) is 120 cm³/mol. The van der Waals surface area contributed by atoms with Crippen molar-refractivity contribution in [3.8, 4) is 0 Å². The Balaban J connectivity index is 1.68. The van der Waals surface area contributed by atoms with Gasteiger partial charge in [-0.25, -0.2) is 4.39 Å². The van der Waals surface area contributed by atoms with Crippen molar-refractivity contribution in [2.75, 3.05) is 39.4 Å². The van der Waals surface area contributed by atoms with E-state index in [1.54, 1.807) is 0 Å². The Kier molecular flexibility index (Phi) is 6.99. The van der Waals surface area contributed by atoms with E-state index in [-0.39, 0.29) is 23.4 Å². The van der Waals surface area contributed by atoms with Gasteiger partial charge in [0.25, 0.3) is 17.4 Å². The van der Waals surface area contributed by atoms with Crippen LogP contribution in [0.5, 0.6) is 0 Å². The first-order chi connectivity index (χ1) is 16.4. The van der Waals surface area contributed by atoms with Gasteiger partial charge in [-0.05, 0) is 48.4 Å². The highest BCUT2D eigenvalue weighted by molar-refractivity contribution is 6.46. The molecule has 2 fully saturated rings. The van der Waals surface area contributed by atoms with Gasteiger partial charge in [0.1, 0.15) is 11.6 Å². The Labute approximate surface area is 195 Å². The lowest BCUT2D eigenvalue weighted by molar-refractivity contribution is -0.384. The number of rotatable bonds is 7. The minimum atomic E-state index is -0.921. The molecule has 0 bridgehead atoms. The van der Waals surface area contributed by atoms with Gasteiger partial charge in [-0.15, -0.1) is 0 Å². The summed E-state index contributed by atoms with van der Waals surface area (Å²) in [5, 5.41) is 22.0. The van der Waals surface area contributed by atoms with E-state index >= 15 is 0 Å². The summed E-state index contributed by atoms with van der Waals surface area (Å²) in [6, 6.07) is 9.55. The molecule has 2 aromatic rings. The van der Waals surface area contributed by atoms with Crippen LogP contribution < -0.4 is 0 Å². The van der Waals surface area contributed by atoms with Crippen molar-refractivity contribution in [1.82, 2.24) is 9.80 Å². The number of nitro benzene ring substituents is 1. The molecule has 2 aliphatic heterocycles. The molecule has 178 valence electrons. The van der Waals surface area contributed by atoms with Crippen LogP contribution in [0.15, 0.2) is 54.1 Å². The van der Waals surface area contributed by atoms with Crippen molar-refractivity contribution >= 4 is 23.1 Å². The fourth-order valence-corrected chi connectivity index (χ4v) is 4.29. The Morgan fingerprint density at radius 2 is 1.71 bits per heavy atom. The average Bonchev–Trinajstić information content (AvgIpc) is 3.10. The van der Waals surface area contributed by atoms with E-state index in [2.05, 4.69) is 4.90 Å². The predicted octanol–water partition coefficient (Wildman–Crippen LogP) is 2.88. The molecule has 1 N–H and O–H groups in total. The van der Waals surface area contributed by atoms with E-state index in [4.69, 9.17) is 4.74 Å². The Morgan fingerprint density at radius 3 is 2.32 bits per heavy atom. The normalized spacial score (nSPS) is 20.6. The quantitative estimate of drug-likeness (QED) is 0.218. The largest absolute Gasteiger partial charge is 0.507 e. The van der Waals surface area contributed by atoms with Crippen LogP contribution in [0.25, 0.3) is 5.76 Å². The van der Waals surface area contributed by atoms with Gasteiger partial charge in [0.05, 0.1) is 29.8 Å². The van der Waals surface area contributed by atoms with Crippen LogP contribution in [-0.4, -0.2) is 70.9 Å². The van der Waals surface area contributed by atoms with Crippen LogP contribution in [0, 0.1) is 15.9 Å². The zero-order valence-electron chi connectivity index (χ0n) is 18.4. The maximum absolute atomic E-state index is 13.4. The monoisotopic (exact) mass is 469 g/mol. The summed E-state index contributed by atoms with van der Waals surface area (Å²) >= 11 is 0. The Hall–Kier alpha value is -3.63. The number of nitro groups is 1. The van der Waals surface area contributed by atoms with Crippen molar-refractivity contribution in [1.29, 1.82) is 0 Å². The Morgan fingerprint density at radius 1 is 1.06 bits per heavy atom. The molecule has 0 spiro atoms. The van der Waals surface area contributed by atoms with Crippen LogP contribution in [0.3, 0.4) is 0 Å². The number of likely N-dealkylation sites (tertiary alicyclic amines) is 1. The lowest BCUT2D eigenvalue weighted by Crippen LogP contribution is -2.38. The first kappa shape index (κ1) is 23.5. The molecule has 2 saturated heterocycles. The standard InChI is InChI=1S/C24H24FN3O6/c25-18-6-2-17(3-7-18)22(29)20-21(16-4-8-19(9-5-16)28(32)33)27(24(31)23(20)30)11-1-10-26-12-14-34-15-13-26/h2-9,21,29H,1,10-15H2/b22-20-. The summed E-state index contributed by atoms with van der Waals surface area (Å²) in [7, 11) is 0. The second-order valence-corrected chi connectivity index (χ2v) is 8.16. The number of nitrogens with zero attached hydrogens (tertiary/aromatic N) is 3. The second-order valence-electron chi connectivity index (χ2n) is 8.16. The SMILES string of the molecule is O=C1C(=O)N(CCCN2CCOCC2)C(c2ccc([N+](=O)[O-])cc2)/C1=C(/O)c1ccc(F)cc1. The fraction of sp³-hybridized carbons (Fsp3) is 0.333. The van der Waals surface area contributed by atoms with E-state index in [1.807, 2.05) is 0 Å². The van der Waals surface area contributed by atoms with Gasteiger partial charge < -0.3 is 14.7 Å². The molecule has 0 aliphatic carbocycles. The molecule has 0 saturated carbocycles. The highest BCUT2D eigenvalue weighted by Crippen LogP contribution is 2.39. The number of morpholine rings is 1. The van der Waals surface area contributed by atoms with Gasteiger partial charge >= 0.3 is 0 Å². The maximum atomic E-state index is 13.4. The fourth-order valence-electron chi connectivity index (χ4n) is 4.29. The number of benzene rings is 2. The molecule has 1 amide bonds. The summed E-state index contributed by atoms with van der Waals surface area (Å²) in [5.41, 5.74) is 0.392. The maximum Gasteiger partial charge on any atom is 0.295 e. The molecule has 0 radical (unpaired) electrons. The van der Waals surface area contributed by atoms with Crippen LogP contribution >= 0.6 is 0 Å². The van der Waals surface area contributed by atoms with Crippen molar-refractivity contribution in [3.63, 3.8) is 0 Å². The van der Waals surface area contributed by atoms with E-state index < -0.39 is 34.2 Å². The molecule has 0 aromatic heterocycles. The van der Waals surface area contributed by atoms with Crippen molar-refractivity contribution < 1.29 is 28.7 Å². The number of carbonyl (C=O) groups excluding carboxylic acids is 2. The first-order valence-electron chi connectivity index (χ1n) is 11.0. The molecule has 9 nitrogen and oxygen atoms in total. The van der Waals surface area contributed by atoms with Crippen molar-refractivity contribution in [2.24, 2.45) is 0 Å². The van der Waals surface area contributed by atoms with Crippen LogP contribution in [-0.2, 0) is 14.3 Å². The zero-order valence-corrected chi connectivity index (χ0v) is 18.4. The molecule has 2 heterocycles. The summed E-state index contributed by atoms with van der Waals surface area (Å²) in [5.74, 6) is -2.53. The molecule has 10 heteroatoms. The van der Waals surface area contributed by atoms with E-state index in [0.29, 0.717) is 31.7 Å². The number of Topliss-reactive ketones (excluding diaryl/α,β-unsaturated/α-hetero) is 1. The molecule has 4 rings (SSSR count).